The first-order valence-electron chi connectivity index (χ1n) is 8.70. The Morgan fingerprint density at radius 2 is 1.77 bits per heavy atom. The second kappa shape index (κ2) is 10.6. The van der Waals surface area contributed by atoms with Crippen LogP contribution >= 0.6 is 24.0 Å². The Kier molecular flexibility index (Phi) is 9.66. The maximum Gasteiger partial charge on any atom is 0.191 e. The van der Waals surface area contributed by atoms with E-state index in [0.717, 1.165) is 19.0 Å². The predicted molar refractivity (Wildman–Crippen MR) is 105 cm³/mol. The molecule has 0 amide bonds. The molecular formula is C16H34IN5. The Morgan fingerprint density at radius 1 is 1.14 bits per heavy atom. The van der Waals surface area contributed by atoms with E-state index in [-0.39, 0.29) is 24.0 Å². The van der Waals surface area contributed by atoms with Crippen LogP contribution in [0.2, 0.25) is 0 Å². The van der Waals surface area contributed by atoms with E-state index >= 15 is 0 Å². The minimum absolute atomic E-state index is 0. The van der Waals surface area contributed by atoms with Gasteiger partial charge in [-0.3, -0.25) is 4.99 Å². The quantitative estimate of drug-likeness (QED) is 0.371. The van der Waals surface area contributed by atoms with E-state index in [2.05, 4.69) is 41.2 Å². The fraction of sp³-hybridized carbons (Fsp3) is 0.938. The number of nitrogens with one attached hydrogen (secondary N) is 2. The van der Waals surface area contributed by atoms with E-state index in [0.29, 0.717) is 12.0 Å². The smallest absolute Gasteiger partial charge is 0.191 e. The zero-order valence-corrected chi connectivity index (χ0v) is 16.8. The van der Waals surface area contributed by atoms with E-state index in [1.807, 2.05) is 0 Å². The number of nitrogens with zero attached hydrogens (tertiary/aromatic N) is 3. The van der Waals surface area contributed by atoms with E-state index in [4.69, 9.17) is 4.99 Å². The van der Waals surface area contributed by atoms with Crippen LogP contribution in [0.4, 0.5) is 0 Å². The van der Waals surface area contributed by atoms with Gasteiger partial charge >= 0.3 is 0 Å². The molecule has 5 nitrogen and oxygen atoms in total. The summed E-state index contributed by atoms with van der Waals surface area (Å²) in [7, 11) is 0. The average molecular weight is 423 g/mol. The minimum atomic E-state index is 0. The van der Waals surface area contributed by atoms with Crippen LogP contribution in [0.1, 0.15) is 33.6 Å². The van der Waals surface area contributed by atoms with Crippen molar-refractivity contribution in [3.63, 3.8) is 0 Å². The summed E-state index contributed by atoms with van der Waals surface area (Å²) in [6, 6.07) is 0.667. The number of hydrogen-bond acceptors (Lipinski definition) is 3. The third-order valence-electron chi connectivity index (χ3n) is 4.31. The maximum atomic E-state index is 4.75. The lowest BCUT2D eigenvalue weighted by Gasteiger charge is -2.35. The Morgan fingerprint density at radius 3 is 2.32 bits per heavy atom. The Bertz CT molecular complexity index is 324. The standard InChI is InChI=1S/C16H33N5.HI/c1-4-17-16(19-15-6-7-15)18-12-14(3)13-21-10-8-20(5-2)9-11-21;/h14-15H,4-13H2,1-3H3,(H2,17,18,19);1H. The van der Waals surface area contributed by atoms with Gasteiger partial charge in [-0.15, -0.1) is 24.0 Å². The van der Waals surface area contributed by atoms with E-state index in [9.17, 15) is 0 Å². The summed E-state index contributed by atoms with van der Waals surface area (Å²) < 4.78 is 0. The van der Waals surface area contributed by atoms with Gasteiger partial charge in [0, 0.05) is 51.9 Å². The zero-order valence-electron chi connectivity index (χ0n) is 14.5. The van der Waals surface area contributed by atoms with Gasteiger partial charge in [0.2, 0.25) is 0 Å². The highest BCUT2D eigenvalue weighted by molar-refractivity contribution is 14.0. The summed E-state index contributed by atoms with van der Waals surface area (Å²) in [6.45, 7) is 15.8. The van der Waals surface area contributed by atoms with Gasteiger partial charge in [0.1, 0.15) is 0 Å². The number of aliphatic imine (C=N–C) groups is 1. The molecule has 2 N–H and O–H groups in total. The number of rotatable bonds is 7. The highest BCUT2D eigenvalue weighted by Gasteiger charge is 2.22. The Labute approximate surface area is 153 Å². The molecule has 1 aliphatic carbocycles. The van der Waals surface area contributed by atoms with Gasteiger partial charge in [-0.25, -0.2) is 0 Å². The number of halogens is 1. The molecule has 0 aromatic rings. The van der Waals surface area contributed by atoms with Crippen molar-refractivity contribution in [1.29, 1.82) is 0 Å². The third kappa shape index (κ3) is 7.46. The van der Waals surface area contributed by atoms with Crippen molar-refractivity contribution < 1.29 is 0 Å². The fourth-order valence-electron chi connectivity index (χ4n) is 2.77. The van der Waals surface area contributed by atoms with Crippen molar-refractivity contribution in [2.45, 2.75) is 39.7 Å². The van der Waals surface area contributed by atoms with Crippen LogP contribution in [0.25, 0.3) is 0 Å². The zero-order chi connectivity index (χ0) is 15.1. The lowest BCUT2D eigenvalue weighted by Crippen LogP contribution is -2.47. The normalized spacial score (nSPS) is 22.0. The summed E-state index contributed by atoms with van der Waals surface area (Å²) >= 11 is 0. The molecule has 1 saturated heterocycles. The van der Waals surface area contributed by atoms with E-state index in [1.54, 1.807) is 0 Å². The monoisotopic (exact) mass is 423 g/mol. The molecule has 22 heavy (non-hydrogen) atoms. The van der Waals surface area contributed by atoms with Crippen LogP contribution in [0.3, 0.4) is 0 Å². The highest BCUT2D eigenvalue weighted by Crippen LogP contribution is 2.18. The molecule has 130 valence electrons. The highest BCUT2D eigenvalue weighted by atomic mass is 127. The van der Waals surface area contributed by atoms with Gasteiger partial charge in [-0.05, 0) is 32.2 Å². The van der Waals surface area contributed by atoms with Gasteiger partial charge in [-0.2, -0.15) is 0 Å². The van der Waals surface area contributed by atoms with Gasteiger partial charge in [0.05, 0.1) is 0 Å². The summed E-state index contributed by atoms with van der Waals surface area (Å²) in [5.74, 6) is 1.62. The lowest BCUT2D eigenvalue weighted by atomic mass is 10.1. The van der Waals surface area contributed by atoms with Crippen molar-refractivity contribution in [1.82, 2.24) is 20.4 Å². The second-order valence-corrected chi connectivity index (χ2v) is 6.48. The first-order chi connectivity index (χ1) is 10.2. The second-order valence-electron chi connectivity index (χ2n) is 6.48. The van der Waals surface area contributed by atoms with Crippen molar-refractivity contribution in [2.75, 3.05) is 52.4 Å². The van der Waals surface area contributed by atoms with Gasteiger partial charge in [-0.1, -0.05) is 13.8 Å². The van der Waals surface area contributed by atoms with Crippen LogP contribution in [0.15, 0.2) is 4.99 Å². The molecule has 0 aromatic carbocycles. The number of likely N-dealkylation sites (N-methyl/N-ethyl adjacent to an activating group) is 1. The first kappa shape index (κ1) is 20.0. The van der Waals surface area contributed by atoms with Gasteiger partial charge in [0.15, 0.2) is 5.96 Å². The number of piperazine rings is 1. The largest absolute Gasteiger partial charge is 0.357 e. The molecule has 1 atom stereocenters. The molecule has 1 saturated carbocycles. The van der Waals surface area contributed by atoms with Crippen LogP contribution < -0.4 is 10.6 Å². The van der Waals surface area contributed by atoms with Crippen molar-refractivity contribution >= 4 is 29.9 Å². The van der Waals surface area contributed by atoms with Crippen LogP contribution in [0, 0.1) is 5.92 Å². The molecule has 2 rings (SSSR count). The maximum absolute atomic E-state index is 4.75. The lowest BCUT2D eigenvalue weighted by molar-refractivity contribution is 0.125. The SMILES string of the molecule is CCNC(=NCC(C)CN1CCN(CC)CC1)NC1CC1.I. The third-order valence-corrected chi connectivity index (χ3v) is 4.31. The summed E-state index contributed by atoms with van der Waals surface area (Å²) in [5, 5.41) is 6.83. The first-order valence-corrected chi connectivity index (χ1v) is 8.70. The van der Waals surface area contributed by atoms with Crippen LogP contribution in [0.5, 0.6) is 0 Å². The number of hydrogen-bond donors (Lipinski definition) is 2. The van der Waals surface area contributed by atoms with E-state index in [1.165, 1.54) is 52.1 Å². The topological polar surface area (TPSA) is 42.9 Å². The van der Waals surface area contributed by atoms with Crippen molar-refractivity contribution in [2.24, 2.45) is 10.9 Å². The van der Waals surface area contributed by atoms with Crippen LogP contribution in [-0.4, -0.2) is 74.2 Å². The molecule has 0 aromatic heterocycles. The molecular weight excluding hydrogens is 389 g/mol. The summed E-state index contributed by atoms with van der Waals surface area (Å²) in [5.41, 5.74) is 0. The molecule has 2 fully saturated rings. The van der Waals surface area contributed by atoms with Crippen molar-refractivity contribution in [3.05, 3.63) is 0 Å². The van der Waals surface area contributed by atoms with Crippen molar-refractivity contribution in [3.8, 4) is 0 Å². The molecule has 1 heterocycles. The van der Waals surface area contributed by atoms with Gasteiger partial charge < -0.3 is 20.4 Å². The molecule has 2 aliphatic rings. The van der Waals surface area contributed by atoms with Gasteiger partial charge in [0.25, 0.3) is 0 Å². The molecule has 0 radical (unpaired) electrons. The minimum Gasteiger partial charge on any atom is -0.357 e. The summed E-state index contributed by atoms with van der Waals surface area (Å²) in [6.07, 6.45) is 2.59. The van der Waals surface area contributed by atoms with Crippen LogP contribution in [-0.2, 0) is 0 Å². The average Bonchev–Trinajstić information content (AvgIpc) is 3.30. The number of guanidine groups is 1. The molecule has 1 unspecified atom stereocenters. The molecule has 6 heteroatoms. The predicted octanol–water partition coefficient (Wildman–Crippen LogP) is 1.60. The summed E-state index contributed by atoms with van der Waals surface area (Å²) in [4.78, 5) is 9.87. The van der Waals surface area contributed by atoms with E-state index < -0.39 is 0 Å². The Hall–Kier alpha value is -0.0800. The molecule has 1 aliphatic heterocycles. The molecule has 0 spiro atoms. The molecule has 0 bridgehead atoms. The fourth-order valence-corrected chi connectivity index (χ4v) is 2.77. The Balaban J connectivity index is 0.00000242.